The van der Waals surface area contributed by atoms with Crippen LogP contribution >= 0.6 is 0 Å². The van der Waals surface area contributed by atoms with E-state index in [0.717, 1.165) is 59.6 Å². The van der Waals surface area contributed by atoms with Gasteiger partial charge in [-0.1, -0.05) is 45.0 Å². The maximum Gasteiger partial charge on any atom is 0.186 e. The number of nitrogens with one attached hydrogen (secondary N) is 2. The Labute approximate surface area is 267 Å². The van der Waals surface area contributed by atoms with E-state index in [2.05, 4.69) is 121 Å². The number of hydrogen-bond acceptors (Lipinski definition) is 5. The van der Waals surface area contributed by atoms with Crippen molar-refractivity contribution in [1.82, 2.24) is 29.6 Å². The highest BCUT2D eigenvalue weighted by atomic mass is 15.2. The van der Waals surface area contributed by atoms with Crippen molar-refractivity contribution in [3.63, 3.8) is 0 Å². The molecule has 0 radical (unpaired) electrons. The molecule has 5 aromatic rings. The first-order valence-electron chi connectivity index (χ1n) is 17.0. The van der Waals surface area contributed by atoms with E-state index in [1.54, 1.807) is 0 Å². The molecule has 0 amide bonds. The van der Waals surface area contributed by atoms with Crippen molar-refractivity contribution in [2.24, 2.45) is 0 Å². The lowest BCUT2D eigenvalue weighted by molar-refractivity contribution is 0.307. The molecule has 4 atom stereocenters. The molecule has 8 rings (SSSR count). The van der Waals surface area contributed by atoms with E-state index >= 15 is 0 Å². The lowest BCUT2D eigenvalue weighted by Gasteiger charge is -2.34. The summed E-state index contributed by atoms with van der Waals surface area (Å²) in [4.78, 5) is 25.1. The Morgan fingerprint density at radius 1 is 0.689 bits per heavy atom. The summed E-state index contributed by atoms with van der Waals surface area (Å²) in [6, 6.07) is 24.5. The van der Waals surface area contributed by atoms with E-state index in [-0.39, 0.29) is 17.5 Å². The number of rotatable bonds is 5. The van der Waals surface area contributed by atoms with E-state index in [0.29, 0.717) is 12.1 Å². The fourth-order valence-electron chi connectivity index (χ4n) is 8.29. The normalized spacial score (nSPS) is 24.9. The summed E-state index contributed by atoms with van der Waals surface area (Å²) in [5.74, 6) is 2.22. The molecule has 3 saturated heterocycles. The maximum absolute atomic E-state index is 5.13. The number of aromatic nitrogens is 4. The second kappa shape index (κ2) is 11.0. The zero-order valence-electron chi connectivity index (χ0n) is 27.5. The quantitative estimate of drug-likeness (QED) is 0.208. The Balaban J connectivity index is 1.16. The monoisotopic (exact) mass is 599 g/mol. The summed E-state index contributed by atoms with van der Waals surface area (Å²) >= 11 is 0. The van der Waals surface area contributed by atoms with Crippen LogP contribution in [0.3, 0.4) is 0 Å². The van der Waals surface area contributed by atoms with E-state index < -0.39 is 0 Å². The molecule has 2 aromatic heterocycles. The van der Waals surface area contributed by atoms with Crippen molar-refractivity contribution < 1.29 is 0 Å². The lowest BCUT2D eigenvalue weighted by Crippen LogP contribution is -2.26. The number of benzene rings is 3. The van der Waals surface area contributed by atoms with Gasteiger partial charge in [0.25, 0.3) is 0 Å². The minimum atomic E-state index is 0.120. The van der Waals surface area contributed by atoms with Gasteiger partial charge in [0.05, 0.1) is 46.2 Å². The Kier molecular flexibility index (Phi) is 7.06. The average Bonchev–Trinajstić information content (AvgIpc) is 3.85. The fourth-order valence-corrected chi connectivity index (χ4v) is 8.29. The van der Waals surface area contributed by atoms with Crippen LogP contribution in [0, 0.1) is 0 Å². The average molecular weight is 600 g/mol. The van der Waals surface area contributed by atoms with Gasteiger partial charge in [-0.3, -0.25) is 4.90 Å². The third kappa shape index (κ3) is 5.16. The van der Waals surface area contributed by atoms with Crippen molar-refractivity contribution >= 4 is 35.7 Å². The number of likely N-dealkylation sites (tertiary alicyclic amines) is 1. The lowest BCUT2D eigenvalue weighted by atomic mass is 9.87. The van der Waals surface area contributed by atoms with Gasteiger partial charge in [-0.15, -0.1) is 0 Å². The minimum Gasteiger partial charge on any atom is -0.357 e. The first-order valence-corrected chi connectivity index (χ1v) is 17.0. The molecule has 3 aromatic carbocycles. The zero-order chi connectivity index (χ0) is 30.9. The fraction of sp³-hybridized carbons (Fsp3) is 0.459. The van der Waals surface area contributed by atoms with E-state index in [9.17, 15) is 0 Å². The molecule has 45 heavy (non-hydrogen) atoms. The van der Waals surface area contributed by atoms with Crippen LogP contribution in [-0.2, 0) is 5.41 Å². The highest BCUT2D eigenvalue weighted by Crippen LogP contribution is 2.48. The van der Waals surface area contributed by atoms with Crippen molar-refractivity contribution in [3.05, 3.63) is 89.0 Å². The molecule has 4 unspecified atom stereocenters. The first kappa shape index (κ1) is 28.8. The van der Waals surface area contributed by atoms with Gasteiger partial charge in [0.1, 0.15) is 11.6 Å². The molecule has 8 heteroatoms. The molecule has 0 bridgehead atoms. The van der Waals surface area contributed by atoms with Gasteiger partial charge in [-0.2, -0.15) is 0 Å². The molecular formula is C37H46BN7. The zero-order valence-corrected chi connectivity index (χ0v) is 27.5. The third-order valence-corrected chi connectivity index (χ3v) is 10.9. The van der Waals surface area contributed by atoms with Crippen molar-refractivity contribution in [1.29, 1.82) is 0 Å². The van der Waals surface area contributed by atoms with Gasteiger partial charge in [0.15, 0.2) is 7.98 Å². The number of nitrogens with zero attached hydrogens (tertiary/aromatic N) is 5. The van der Waals surface area contributed by atoms with E-state index in [1.807, 2.05) is 0 Å². The van der Waals surface area contributed by atoms with Crippen LogP contribution in [0.15, 0.2) is 60.7 Å². The van der Waals surface area contributed by atoms with Crippen LogP contribution in [0.1, 0.15) is 112 Å². The van der Waals surface area contributed by atoms with Crippen LogP contribution in [0.4, 0.5) is 5.69 Å². The summed E-state index contributed by atoms with van der Waals surface area (Å²) in [6.07, 6.45) is 7.00. The smallest absolute Gasteiger partial charge is 0.186 e. The second-order valence-corrected chi connectivity index (χ2v) is 14.9. The predicted octanol–water partition coefficient (Wildman–Crippen LogP) is 7.27. The maximum atomic E-state index is 5.13. The molecule has 0 aliphatic carbocycles. The summed E-state index contributed by atoms with van der Waals surface area (Å²) in [5, 5.41) is 0. The van der Waals surface area contributed by atoms with Crippen molar-refractivity contribution in [2.45, 2.75) is 88.9 Å². The molecule has 0 saturated carbocycles. The number of hydrogen-bond donors (Lipinski definition) is 2. The molecule has 0 spiro atoms. The first-order chi connectivity index (χ1) is 21.7. The standard InChI is InChI=1S/C37H46BN7/c1-37(2,3)25-11-13-26(14-12-25)45-31(23-9-15-27-29(21-23)41-35(39-27)33-7-5-19-43(33)4)17-18-32(45)24-10-16-28-30(22-24)42-36(40-28)34-8-6-20-44(34)38/h9-16,21-22,31-34H,5-8,17-20,38H2,1-4H3,(H,39,41)(H,40,42). The van der Waals surface area contributed by atoms with Crippen LogP contribution in [0.5, 0.6) is 0 Å². The highest BCUT2D eigenvalue weighted by molar-refractivity contribution is 6.04. The second-order valence-electron chi connectivity index (χ2n) is 14.9. The van der Waals surface area contributed by atoms with Crippen LogP contribution in [-0.4, -0.2) is 57.8 Å². The molecule has 3 aliphatic heterocycles. The topological polar surface area (TPSA) is 67.1 Å². The van der Waals surface area contributed by atoms with Gasteiger partial charge >= 0.3 is 0 Å². The highest BCUT2D eigenvalue weighted by Gasteiger charge is 2.36. The molecule has 232 valence electrons. The molecule has 5 heterocycles. The summed E-state index contributed by atoms with van der Waals surface area (Å²) in [7, 11) is 4.43. The molecule has 2 N–H and O–H groups in total. The largest absolute Gasteiger partial charge is 0.357 e. The van der Waals surface area contributed by atoms with Crippen molar-refractivity contribution in [2.75, 3.05) is 25.0 Å². The number of aromatic amines is 2. The number of anilines is 1. The van der Waals surface area contributed by atoms with Gasteiger partial charge in [-0.25, -0.2) is 9.97 Å². The SMILES string of the molecule is BN1CCCC1c1nc2cc(C3CCC(c4ccc5[nH]c(C6CCCN6C)nc5c4)N3c3ccc(C(C)(C)C)cc3)ccc2[nH]1. The molecular weight excluding hydrogens is 553 g/mol. The summed E-state index contributed by atoms with van der Waals surface area (Å²) < 4.78 is 0. The number of H-pyrrole nitrogens is 2. The van der Waals surface area contributed by atoms with E-state index in [4.69, 9.17) is 9.97 Å². The Morgan fingerprint density at radius 3 is 1.76 bits per heavy atom. The Morgan fingerprint density at radius 2 is 1.24 bits per heavy atom. The molecule has 3 aliphatic rings. The van der Waals surface area contributed by atoms with Crippen LogP contribution < -0.4 is 4.90 Å². The Hall–Kier alpha value is -3.62. The van der Waals surface area contributed by atoms with Gasteiger partial charge in [0, 0.05) is 5.69 Å². The van der Waals surface area contributed by atoms with Crippen LogP contribution in [0.25, 0.3) is 22.1 Å². The van der Waals surface area contributed by atoms with Gasteiger partial charge in [-0.05, 0) is 117 Å². The number of imidazole rings is 2. The number of fused-ring (bicyclic) bond motifs is 2. The van der Waals surface area contributed by atoms with Crippen LogP contribution in [0.2, 0.25) is 0 Å². The summed E-state index contributed by atoms with van der Waals surface area (Å²) in [5.41, 5.74) is 9.88. The minimum absolute atomic E-state index is 0.120. The van der Waals surface area contributed by atoms with Crippen molar-refractivity contribution in [3.8, 4) is 0 Å². The van der Waals surface area contributed by atoms with Gasteiger partial charge < -0.3 is 19.7 Å². The molecule has 7 nitrogen and oxygen atoms in total. The third-order valence-electron chi connectivity index (χ3n) is 10.9. The van der Waals surface area contributed by atoms with E-state index in [1.165, 1.54) is 48.1 Å². The molecule has 3 fully saturated rings. The summed E-state index contributed by atoms with van der Waals surface area (Å²) in [6.45, 7) is 9.15. The van der Waals surface area contributed by atoms with Gasteiger partial charge in [0.2, 0.25) is 0 Å². The predicted molar refractivity (Wildman–Crippen MR) is 186 cm³/mol. The Bertz CT molecular complexity index is 1730.